The van der Waals surface area contributed by atoms with Crippen LogP contribution in [0.3, 0.4) is 0 Å². The summed E-state index contributed by atoms with van der Waals surface area (Å²) in [6.45, 7) is -0.723. The first-order chi connectivity index (χ1) is 19.0. The zero-order valence-electron chi connectivity index (χ0n) is 20.7. The van der Waals surface area contributed by atoms with Crippen molar-refractivity contribution in [1.82, 2.24) is 34.1 Å². The lowest BCUT2D eigenvalue weighted by Crippen LogP contribution is -2.40. The number of nitrogens with zero attached hydrogens (tertiary/aromatic N) is 8. The monoisotopic (exact) mass is 577 g/mol. The minimum Gasteiger partial charge on any atom is -0.382 e. The Morgan fingerprint density at radius 1 is 1.18 bits per heavy atom. The molecule has 1 amide bonds. The van der Waals surface area contributed by atoms with E-state index in [-0.39, 0.29) is 18.2 Å². The molecule has 2 atom stereocenters. The third kappa shape index (κ3) is 5.42. The van der Waals surface area contributed by atoms with Gasteiger partial charge in [-0.3, -0.25) is 14.3 Å². The van der Waals surface area contributed by atoms with Crippen molar-refractivity contribution in [3.8, 4) is 17.1 Å². The maximum absolute atomic E-state index is 13.1. The summed E-state index contributed by atoms with van der Waals surface area (Å²) in [4.78, 5) is 35.3. The molecule has 210 valence electrons. The number of anilines is 1. The van der Waals surface area contributed by atoms with Crippen LogP contribution in [0.1, 0.15) is 18.7 Å². The van der Waals surface area contributed by atoms with Gasteiger partial charge in [0, 0.05) is 23.3 Å². The maximum atomic E-state index is 13.1. The van der Waals surface area contributed by atoms with Crippen molar-refractivity contribution in [1.29, 1.82) is 0 Å². The molecule has 16 heteroatoms. The predicted octanol–water partition coefficient (Wildman–Crippen LogP) is 1.77. The Morgan fingerprint density at radius 3 is 2.62 bits per heavy atom. The van der Waals surface area contributed by atoms with E-state index in [4.69, 9.17) is 17.3 Å². The molecule has 1 fully saturated rings. The van der Waals surface area contributed by atoms with E-state index in [9.17, 15) is 27.9 Å². The zero-order chi connectivity index (χ0) is 28.6. The summed E-state index contributed by atoms with van der Waals surface area (Å²) in [5, 5.41) is 18.7. The fraction of sp³-hybridized carbons (Fsp3) is 0.333. The second-order valence-corrected chi connectivity index (χ2v) is 9.60. The quantitative estimate of drug-likeness (QED) is 0.322. The molecule has 0 bridgehead atoms. The molecule has 1 aliphatic rings. The SMILES string of the molecule is NC(=O)[C@@H]1CCCN1c1ccncc1-n1cnc(Cn2nc(-c3ccc(Cl)cc3)n(CC(O)C(F)(F)F)c2=O)n1. The number of benzene rings is 1. The maximum Gasteiger partial charge on any atom is 0.416 e. The molecule has 12 nitrogen and oxygen atoms in total. The van der Waals surface area contributed by atoms with Crippen molar-refractivity contribution in [3.05, 3.63) is 70.4 Å². The van der Waals surface area contributed by atoms with Gasteiger partial charge in [-0.25, -0.2) is 19.1 Å². The van der Waals surface area contributed by atoms with Gasteiger partial charge in [-0.2, -0.15) is 13.2 Å². The van der Waals surface area contributed by atoms with E-state index in [1.807, 2.05) is 4.90 Å². The standard InChI is InChI=1S/C24H23ClF3N9O3/c25-15-5-3-14(4-6-15)22-33-36(23(40)35(22)11-19(38)24(26,27)28)12-20-31-13-37(32-20)18-10-30-8-7-16(18)34-9-1-2-17(34)21(29)39/h3-8,10,13,17,19,38H,1-2,9,11-12H2,(H2,29,39)/t17-,19?/m0/s1. The third-order valence-electron chi connectivity index (χ3n) is 6.50. The summed E-state index contributed by atoms with van der Waals surface area (Å²) in [7, 11) is 0. The number of alkyl halides is 3. The van der Waals surface area contributed by atoms with Gasteiger partial charge in [0.05, 0.1) is 18.4 Å². The van der Waals surface area contributed by atoms with Crippen LogP contribution < -0.4 is 16.3 Å². The zero-order valence-corrected chi connectivity index (χ0v) is 21.5. The summed E-state index contributed by atoms with van der Waals surface area (Å²) in [5.74, 6) is -0.402. The first-order valence-corrected chi connectivity index (χ1v) is 12.5. The summed E-state index contributed by atoms with van der Waals surface area (Å²) in [6, 6.07) is 7.25. The number of pyridine rings is 1. The number of carbonyl (C=O) groups excluding carboxylic acids is 1. The second kappa shape index (κ2) is 10.7. The van der Waals surface area contributed by atoms with E-state index in [0.29, 0.717) is 34.9 Å². The number of aliphatic hydroxyl groups is 1. The number of hydrogen-bond acceptors (Lipinski definition) is 8. The number of carbonyl (C=O) groups is 1. The lowest BCUT2D eigenvalue weighted by molar-refractivity contribution is -0.207. The Balaban J connectivity index is 1.47. The molecular formula is C24H23ClF3N9O3. The number of aliphatic hydroxyl groups excluding tert-OH is 1. The lowest BCUT2D eigenvalue weighted by Gasteiger charge is -2.26. The van der Waals surface area contributed by atoms with Crippen molar-refractivity contribution >= 4 is 23.2 Å². The highest BCUT2D eigenvalue weighted by molar-refractivity contribution is 6.30. The molecule has 0 spiro atoms. The number of nitrogens with two attached hydrogens (primary N) is 1. The van der Waals surface area contributed by atoms with Crippen LogP contribution in [0.25, 0.3) is 17.1 Å². The van der Waals surface area contributed by atoms with Gasteiger partial charge in [0.15, 0.2) is 17.8 Å². The summed E-state index contributed by atoms with van der Waals surface area (Å²) in [6.07, 6.45) is -1.82. The number of rotatable bonds is 8. The van der Waals surface area contributed by atoms with Gasteiger partial charge >= 0.3 is 11.9 Å². The molecule has 3 aromatic heterocycles. The number of primary amides is 1. The van der Waals surface area contributed by atoms with Crippen molar-refractivity contribution in [3.63, 3.8) is 0 Å². The van der Waals surface area contributed by atoms with E-state index in [1.165, 1.54) is 35.3 Å². The van der Waals surface area contributed by atoms with Crippen LogP contribution in [0.5, 0.6) is 0 Å². The highest BCUT2D eigenvalue weighted by Crippen LogP contribution is 2.30. The van der Waals surface area contributed by atoms with Crippen LogP contribution in [0, 0.1) is 0 Å². The molecule has 3 N–H and O–H groups in total. The number of amides is 1. The predicted molar refractivity (Wildman–Crippen MR) is 137 cm³/mol. The van der Waals surface area contributed by atoms with Crippen LogP contribution in [0.4, 0.5) is 18.9 Å². The third-order valence-corrected chi connectivity index (χ3v) is 6.76. The molecule has 1 aliphatic heterocycles. The normalized spacial score (nSPS) is 16.4. The van der Waals surface area contributed by atoms with Gasteiger partial charge < -0.3 is 15.7 Å². The van der Waals surface area contributed by atoms with Gasteiger partial charge in [0.2, 0.25) is 5.91 Å². The number of halogens is 4. The van der Waals surface area contributed by atoms with Crippen molar-refractivity contribution < 1.29 is 23.1 Å². The molecule has 0 aliphatic carbocycles. The van der Waals surface area contributed by atoms with E-state index in [1.54, 1.807) is 18.5 Å². The van der Waals surface area contributed by atoms with E-state index < -0.39 is 36.5 Å². The highest BCUT2D eigenvalue weighted by Gasteiger charge is 2.39. The summed E-state index contributed by atoms with van der Waals surface area (Å²) in [5.41, 5.74) is 6.19. The molecule has 1 unspecified atom stereocenters. The van der Waals surface area contributed by atoms with E-state index in [0.717, 1.165) is 15.7 Å². The fourth-order valence-electron chi connectivity index (χ4n) is 4.57. The molecule has 1 saturated heterocycles. The Morgan fingerprint density at radius 2 is 1.93 bits per heavy atom. The minimum atomic E-state index is -4.94. The van der Waals surface area contributed by atoms with Gasteiger partial charge in [0.1, 0.15) is 24.6 Å². The van der Waals surface area contributed by atoms with Crippen LogP contribution in [0.2, 0.25) is 5.02 Å². The Bertz CT molecular complexity index is 1580. The molecule has 4 aromatic rings. The second-order valence-electron chi connectivity index (χ2n) is 9.16. The lowest BCUT2D eigenvalue weighted by atomic mass is 10.2. The average molecular weight is 578 g/mol. The molecule has 0 radical (unpaired) electrons. The van der Waals surface area contributed by atoms with Gasteiger partial charge in [-0.05, 0) is 43.2 Å². The molecular weight excluding hydrogens is 555 g/mol. The molecule has 0 saturated carbocycles. The molecule has 40 heavy (non-hydrogen) atoms. The van der Waals surface area contributed by atoms with Crippen molar-refractivity contribution in [2.24, 2.45) is 5.73 Å². The largest absolute Gasteiger partial charge is 0.416 e. The minimum absolute atomic E-state index is 0.0922. The van der Waals surface area contributed by atoms with Gasteiger partial charge in [-0.1, -0.05) is 11.6 Å². The van der Waals surface area contributed by atoms with Crippen molar-refractivity contribution in [2.75, 3.05) is 11.4 Å². The van der Waals surface area contributed by atoms with Crippen LogP contribution in [-0.4, -0.2) is 70.0 Å². The van der Waals surface area contributed by atoms with Gasteiger partial charge in [0.25, 0.3) is 0 Å². The highest BCUT2D eigenvalue weighted by atomic mass is 35.5. The smallest absolute Gasteiger partial charge is 0.382 e. The Hall–Kier alpha value is -4.24. The van der Waals surface area contributed by atoms with Crippen LogP contribution in [0.15, 0.2) is 53.8 Å². The van der Waals surface area contributed by atoms with Crippen LogP contribution >= 0.6 is 11.6 Å². The first-order valence-electron chi connectivity index (χ1n) is 12.1. The molecule has 5 rings (SSSR count). The molecule has 1 aromatic carbocycles. The van der Waals surface area contributed by atoms with Gasteiger partial charge in [-0.15, -0.1) is 10.2 Å². The summed E-state index contributed by atoms with van der Waals surface area (Å²) >= 11 is 5.92. The first kappa shape index (κ1) is 27.3. The van der Waals surface area contributed by atoms with Crippen LogP contribution in [-0.2, 0) is 17.9 Å². The topological polar surface area (TPSA) is 150 Å². The van der Waals surface area contributed by atoms with Crippen molar-refractivity contribution in [2.45, 2.75) is 44.3 Å². The summed E-state index contributed by atoms with van der Waals surface area (Å²) < 4.78 is 42.4. The number of hydrogen-bond donors (Lipinski definition) is 2. The van der Waals surface area contributed by atoms with E-state index in [2.05, 4.69) is 20.2 Å². The molecule has 4 heterocycles. The number of aromatic nitrogens is 7. The Labute approximate surface area is 229 Å². The Kier molecular flexibility index (Phi) is 7.33. The fourth-order valence-corrected chi connectivity index (χ4v) is 4.69. The average Bonchev–Trinajstić information content (AvgIpc) is 3.65. The van der Waals surface area contributed by atoms with E-state index >= 15 is 0 Å².